The van der Waals surface area contributed by atoms with Crippen LogP contribution in [-0.2, 0) is 0 Å². The van der Waals surface area contributed by atoms with Crippen molar-refractivity contribution >= 4 is 34.4 Å². The van der Waals surface area contributed by atoms with E-state index in [9.17, 15) is 0 Å². The zero-order chi connectivity index (χ0) is 15.0. The summed E-state index contributed by atoms with van der Waals surface area (Å²) in [5, 5.41) is 0.347. The summed E-state index contributed by atoms with van der Waals surface area (Å²) in [5.41, 5.74) is 2.66. The lowest BCUT2D eigenvalue weighted by molar-refractivity contribution is 0.613. The molecule has 4 nitrogen and oxygen atoms in total. The summed E-state index contributed by atoms with van der Waals surface area (Å²) in [6.07, 6.45) is 5.18. The maximum absolute atomic E-state index is 6.29. The number of pyridine rings is 2. The SMILES string of the molecule is CC(Cl)c1nc2cc(Cl)cnc2n1C(C)c1ccncc1. The normalized spacial score (nSPS) is 14.3. The second-order valence-corrected chi connectivity index (χ2v) is 6.00. The molecule has 3 aromatic rings. The van der Waals surface area contributed by atoms with Crippen molar-refractivity contribution in [2.24, 2.45) is 0 Å². The summed E-state index contributed by atoms with van der Waals surface area (Å²) >= 11 is 12.3. The smallest absolute Gasteiger partial charge is 0.160 e. The van der Waals surface area contributed by atoms with E-state index in [2.05, 4.69) is 26.4 Å². The van der Waals surface area contributed by atoms with E-state index in [0.29, 0.717) is 5.02 Å². The number of imidazole rings is 1. The molecule has 0 bridgehead atoms. The maximum atomic E-state index is 6.29. The van der Waals surface area contributed by atoms with Gasteiger partial charge >= 0.3 is 0 Å². The average Bonchev–Trinajstić information content (AvgIpc) is 2.86. The molecule has 2 atom stereocenters. The molecule has 0 aromatic carbocycles. The van der Waals surface area contributed by atoms with Crippen molar-refractivity contribution in [2.75, 3.05) is 0 Å². The number of hydrogen-bond donors (Lipinski definition) is 0. The van der Waals surface area contributed by atoms with Crippen LogP contribution in [0.2, 0.25) is 5.02 Å². The van der Waals surface area contributed by atoms with Gasteiger partial charge in [0.1, 0.15) is 11.3 Å². The fourth-order valence-electron chi connectivity index (χ4n) is 2.43. The first-order valence-corrected chi connectivity index (χ1v) is 7.46. The van der Waals surface area contributed by atoms with Crippen LogP contribution in [0.25, 0.3) is 11.2 Å². The van der Waals surface area contributed by atoms with E-state index in [1.165, 1.54) is 0 Å². The zero-order valence-electron chi connectivity index (χ0n) is 11.7. The van der Waals surface area contributed by atoms with Gasteiger partial charge in [0, 0.05) is 18.6 Å². The predicted molar refractivity (Wildman–Crippen MR) is 84.9 cm³/mol. The first-order valence-electron chi connectivity index (χ1n) is 6.65. The molecule has 0 aliphatic carbocycles. The minimum Gasteiger partial charge on any atom is -0.304 e. The summed E-state index contributed by atoms with van der Waals surface area (Å²) in [4.78, 5) is 13.1. The van der Waals surface area contributed by atoms with E-state index in [1.807, 2.05) is 25.1 Å². The first kappa shape index (κ1) is 14.3. The van der Waals surface area contributed by atoms with Gasteiger partial charge in [-0.2, -0.15) is 0 Å². The van der Waals surface area contributed by atoms with E-state index in [-0.39, 0.29) is 11.4 Å². The standard InChI is InChI=1S/C15H14Cl2N4/c1-9(16)14-20-13-7-12(17)8-19-15(13)21(14)10(2)11-3-5-18-6-4-11/h3-10H,1-2H3. The monoisotopic (exact) mass is 320 g/mol. The minimum absolute atomic E-state index is 0.0582. The van der Waals surface area contributed by atoms with E-state index in [4.69, 9.17) is 23.2 Å². The van der Waals surface area contributed by atoms with Crippen molar-refractivity contribution < 1.29 is 0 Å². The average molecular weight is 321 g/mol. The summed E-state index contributed by atoms with van der Waals surface area (Å²) in [5.74, 6) is 0.783. The minimum atomic E-state index is -0.220. The Morgan fingerprint density at radius 2 is 1.90 bits per heavy atom. The van der Waals surface area contributed by atoms with Crippen molar-refractivity contribution in [1.29, 1.82) is 0 Å². The van der Waals surface area contributed by atoms with Crippen LogP contribution in [0.5, 0.6) is 0 Å². The highest BCUT2D eigenvalue weighted by molar-refractivity contribution is 6.31. The molecule has 3 aromatic heterocycles. The van der Waals surface area contributed by atoms with Gasteiger partial charge < -0.3 is 4.57 Å². The molecular weight excluding hydrogens is 307 g/mol. The fourth-order valence-corrected chi connectivity index (χ4v) is 2.73. The van der Waals surface area contributed by atoms with Crippen LogP contribution in [0.3, 0.4) is 0 Å². The Balaban J connectivity index is 2.22. The molecule has 0 fully saturated rings. The Bertz CT molecular complexity index is 768. The van der Waals surface area contributed by atoms with Crippen LogP contribution >= 0.6 is 23.2 Å². The van der Waals surface area contributed by atoms with Crippen molar-refractivity contribution in [3.63, 3.8) is 0 Å². The van der Waals surface area contributed by atoms with Crippen LogP contribution < -0.4 is 0 Å². The van der Waals surface area contributed by atoms with Crippen LogP contribution in [0, 0.1) is 0 Å². The number of halogens is 2. The van der Waals surface area contributed by atoms with Crippen LogP contribution in [0.15, 0.2) is 36.8 Å². The maximum Gasteiger partial charge on any atom is 0.160 e. The summed E-state index contributed by atoms with van der Waals surface area (Å²) in [7, 11) is 0. The Labute approximate surface area is 132 Å². The lowest BCUT2D eigenvalue weighted by Crippen LogP contribution is -2.11. The van der Waals surface area contributed by atoms with E-state index in [1.54, 1.807) is 18.6 Å². The summed E-state index contributed by atoms with van der Waals surface area (Å²) in [6, 6.07) is 5.83. The third-order valence-electron chi connectivity index (χ3n) is 3.46. The van der Waals surface area contributed by atoms with Crippen molar-refractivity contribution in [1.82, 2.24) is 19.5 Å². The van der Waals surface area contributed by atoms with Crippen molar-refractivity contribution in [3.05, 3.63) is 53.2 Å². The van der Waals surface area contributed by atoms with Gasteiger partial charge in [0.05, 0.1) is 16.4 Å². The molecule has 6 heteroatoms. The lowest BCUT2D eigenvalue weighted by atomic mass is 10.1. The van der Waals surface area contributed by atoms with Crippen molar-refractivity contribution in [2.45, 2.75) is 25.3 Å². The zero-order valence-corrected chi connectivity index (χ0v) is 13.2. The Morgan fingerprint density at radius 3 is 2.57 bits per heavy atom. The quantitative estimate of drug-likeness (QED) is 0.672. The van der Waals surface area contributed by atoms with Gasteiger partial charge in [-0.05, 0) is 37.6 Å². The summed E-state index contributed by atoms with van der Waals surface area (Å²) < 4.78 is 2.05. The van der Waals surface area contributed by atoms with Crippen molar-refractivity contribution in [3.8, 4) is 0 Å². The Kier molecular flexibility index (Phi) is 3.83. The van der Waals surface area contributed by atoms with Gasteiger partial charge in [-0.25, -0.2) is 9.97 Å². The highest BCUT2D eigenvalue weighted by Crippen LogP contribution is 2.30. The predicted octanol–water partition coefficient (Wildman–Crippen LogP) is 4.39. The highest BCUT2D eigenvalue weighted by Gasteiger charge is 2.21. The van der Waals surface area contributed by atoms with Gasteiger partial charge in [-0.1, -0.05) is 11.6 Å². The largest absolute Gasteiger partial charge is 0.304 e. The number of rotatable bonds is 3. The molecule has 0 N–H and O–H groups in total. The molecular formula is C15H14Cl2N4. The molecule has 3 rings (SSSR count). The molecule has 0 saturated carbocycles. The number of aromatic nitrogens is 4. The number of alkyl halides is 1. The van der Waals surface area contributed by atoms with E-state index < -0.39 is 0 Å². The van der Waals surface area contributed by atoms with Crippen LogP contribution in [0.4, 0.5) is 0 Å². The second-order valence-electron chi connectivity index (χ2n) is 4.91. The van der Waals surface area contributed by atoms with Crippen LogP contribution in [-0.4, -0.2) is 19.5 Å². The topological polar surface area (TPSA) is 43.6 Å². The number of fused-ring (bicyclic) bond motifs is 1. The van der Waals surface area contributed by atoms with Gasteiger partial charge in [0.2, 0.25) is 0 Å². The van der Waals surface area contributed by atoms with Gasteiger partial charge in [0.15, 0.2) is 5.65 Å². The van der Waals surface area contributed by atoms with Gasteiger partial charge in [-0.3, -0.25) is 4.98 Å². The Hall–Kier alpha value is -1.65. The molecule has 0 amide bonds. The molecule has 0 saturated heterocycles. The molecule has 0 aliphatic heterocycles. The Morgan fingerprint density at radius 1 is 1.19 bits per heavy atom. The lowest BCUT2D eigenvalue weighted by Gasteiger charge is -2.18. The molecule has 3 heterocycles. The van der Waals surface area contributed by atoms with Gasteiger partial charge in [-0.15, -0.1) is 11.6 Å². The molecule has 108 valence electrons. The van der Waals surface area contributed by atoms with Gasteiger partial charge in [0.25, 0.3) is 0 Å². The second kappa shape index (κ2) is 5.62. The van der Waals surface area contributed by atoms with E-state index in [0.717, 1.165) is 22.6 Å². The molecule has 2 unspecified atom stereocenters. The summed E-state index contributed by atoms with van der Waals surface area (Å²) in [6.45, 7) is 4.00. The third-order valence-corrected chi connectivity index (χ3v) is 3.86. The molecule has 0 radical (unpaired) electrons. The number of hydrogen-bond acceptors (Lipinski definition) is 3. The van der Waals surface area contributed by atoms with E-state index >= 15 is 0 Å². The molecule has 0 aliphatic rings. The fraction of sp³-hybridized carbons (Fsp3) is 0.267. The molecule has 0 spiro atoms. The van der Waals surface area contributed by atoms with Crippen LogP contribution in [0.1, 0.15) is 36.7 Å². The highest BCUT2D eigenvalue weighted by atomic mass is 35.5. The molecule has 21 heavy (non-hydrogen) atoms. The first-order chi connectivity index (χ1) is 10.1. The number of nitrogens with zero attached hydrogens (tertiary/aromatic N) is 4. The third kappa shape index (κ3) is 2.61.